The highest BCUT2D eigenvalue weighted by atomic mass is 35.5. The normalized spacial score (nSPS) is 18.8. The number of carbonyl (C=O) groups excluding carboxylic acids is 3. The minimum atomic E-state index is -1.76. The van der Waals surface area contributed by atoms with E-state index in [0.29, 0.717) is 16.0 Å². The number of benzene rings is 2. The first-order valence-corrected chi connectivity index (χ1v) is 8.83. The zero-order valence-corrected chi connectivity index (χ0v) is 16.2. The molecule has 1 aliphatic rings. The zero-order valence-electron chi connectivity index (χ0n) is 14.7. The first-order chi connectivity index (χ1) is 13.5. The molecule has 29 heavy (non-hydrogen) atoms. The number of amides is 4. The standard InChI is InChI=1S/C18H12Cl2F3N3O3/c1-18(9-3-2-8(19)6-10(9)20)16(28)26(17(29)25-18)7-13(27)24-12-5-4-11(21)14(22)15(12)23/h2-6H,7H2,1H3,(H,24,27)(H,25,29). The van der Waals surface area contributed by atoms with Gasteiger partial charge in [-0.1, -0.05) is 29.3 Å². The van der Waals surface area contributed by atoms with Crippen molar-refractivity contribution in [2.45, 2.75) is 12.5 Å². The fourth-order valence-corrected chi connectivity index (χ4v) is 3.47. The van der Waals surface area contributed by atoms with E-state index >= 15 is 0 Å². The highest BCUT2D eigenvalue weighted by Gasteiger charge is 2.50. The quantitative estimate of drug-likeness (QED) is 0.554. The van der Waals surface area contributed by atoms with E-state index in [1.807, 2.05) is 5.32 Å². The summed E-state index contributed by atoms with van der Waals surface area (Å²) in [4.78, 5) is 37.8. The monoisotopic (exact) mass is 445 g/mol. The number of hydrogen-bond donors (Lipinski definition) is 2. The maximum Gasteiger partial charge on any atom is 0.325 e. The van der Waals surface area contributed by atoms with Gasteiger partial charge in [-0.3, -0.25) is 14.5 Å². The summed E-state index contributed by atoms with van der Waals surface area (Å²) in [5.41, 5.74) is -1.94. The number of urea groups is 1. The summed E-state index contributed by atoms with van der Waals surface area (Å²) in [5, 5.41) is 4.90. The van der Waals surface area contributed by atoms with Crippen LogP contribution in [-0.2, 0) is 15.1 Å². The Hall–Kier alpha value is -2.78. The predicted molar refractivity (Wildman–Crippen MR) is 99.0 cm³/mol. The van der Waals surface area contributed by atoms with Crippen molar-refractivity contribution in [3.05, 3.63) is 63.4 Å². The Bertz CT molecular complexity index is 1050. The van der Waals surface area contributed by atoms with Gasteiger partial charge in [0.25, 0.3) is 5.91 Å². The molecule has 1 atom stereocenters. The van der Waals surface area contributed by atoms with Crippen LogP contribution in [0.5, 0.6) is 0 Å². The van der Waals surface area contributed by atoms with Gasteiger partial charge in [-0.2, -0.15) is 0 Å². The zero-order chi connectivity index (χ0) is 21.5. The summed E-state index contributed by atoms with van der Waals surface area (Å²) in [6, 6.07) is 4.89. The molecule has 1 unspecified atom stereocenters. The molecule has 1 heterocycles. The van der Waals surface area contributed by atoms with Crippen LogP contribution in [0.1, 0.15) is 12.5 Å². The molecule has 1 saturated heterocycles. The fraction of sp³-hybridized carbons (Fsp3) is 0.167. The summed E-state index contributed by atoms with van der Waals surface area (Å²) in [7, 11) is 0. The summed E-state index contributed by atoms with van der Waals surface area (Å²) in [6.07, 6.45) is 0. The topological polar surface area (TPSA) is 78.5 Å². The largest absolute Gasteiger partial charge is 0.325 e. The molecule has 4 amide bonds. The average Bonchev–Trinajstić information content (AvgIpc) is 2.86. The molecule has 2 aromatic rings. The Balaban J connectivity index is 1.80. The molecule has 0 spiro atoms. The average molecular weight is 446 g/mol. The van der Waals surface area contributed by atoms with Gasteiger partial charge in [-0.15, -0.1) is 0 Å². The number of nitrogens with one attached hydrogen (secondary N) is 2. The number of anilines is 1. The summed E-state index contributed by atoms with van der Waals surface area (Å²) < 4.78 is 39.9. The van der Waals surface area contributed by atoms with Gasteiger partial charge in [0.15, 0.2) is 17.5 Å². The molecule has 1 fully saturated rings. The van der Waals surface area contributed by atoms with Crippen LogP contribution < -0.4 is 10.6 Å². The van der Waals surface area contributed by atoms with Gasteiger partial charge in [-0.05, 0) is 31.2 Å². The van der Waals surface area contributed by atoms with Gasteiger partial charge in [-0.25, -0.2) is 18.0 Å². The second-order valence-corrected chi connectivity index (χ2v) is 7.19. The van der Waals surface area contributed by atoms with E-state index in [-0.39, 0.29) is 10.6 Å². The van der Waals surface area contributed by atoms with Crippen LogP contribution in [-0.4, -0.2) is 29.3 Å². The fourth-order valence-electron chi connectivity index (χ4n) is 2.87. The number of halogens is 5. The van der Waals surface area contributed by atoms with E-state index in [0.717, 1.165) is 6.07 Å². The van der Waals surface area contributed by atoms with Crippen molar-refractivity contribution in [1.82, 2.24) is 10.2 Å². The molecule has 11 heteroatoms. The van der Waals surface area contributed by atoms with Crippen LogP contribution in [0, 0.1) is 17.5 Å². The van der Waals surface area contributed by atoms with Crippen molar-refractivity contribution in [2.24, 2.45) is 0 Å². The Morgan fingerprint density at radius 1 is 1.14 bits per heavy atom. The molecular weight excluding hydrogens is 434 g/mol. The van der Waals surface area contributed by atoms with E-state index in [4.69, 9.17) is 23.2 Å². The van der Waals surface area contributed by atoms with Crippen LogP contribution >= 0.6 is 23.2 Å². The van der Waals surface area contributed by atoms with Crippen molar-refractivity contribution < 1.29 is 27.6 Å². The van der Waals surface area contributed by atoms with Crippen molar-refractivity contribution in [3.63, 3.8) is 0 Å². The molecule has 3 rings (SSSR count). The third-order valence-corrected chi connectivity index (χ3v) is 4.90. The molecule has 0 aromatic heterocycles. The second-order valence-electron chi connectivity index (χ2n) is 6.34. The Morgan fingerprint density at radius 2 is 1.83 bits per heavy atom. The van der Waals surface area contributed by atoms with Crippen LogP contribution in [0.15, 0.2) is 30.3 Å². The first-order valence-electron chi connectivity index (χ1n) is 8.07. The minimum Gasteiger partial charge on any atom is -0.322 e. The number of imide groups is 1. The summed E-state index contributed by atoms with van der Waals surface area (Å²) in [6.45, 7) is 0.610. The van der Waals surface area contributed by atoms with Crippen LogP contribution in [0.2, 0.25) is 10.0 Å². The van der Waals surface area contributed by atoms with Gasteiger partial charge in [0.2, 0.25) is 5.91 Å². The van der Waals surface area contributed by atoms with Crippen molar-refractivity contribution in [2.75, 3.05) is 11.9 Å². The van der Waals surface area contributed by atoms with E-state index in [9.17, 15) is 27.6 Å². The Morgan fingerprint density at radius 3 is 2.48 bits per heavy atom. The lowest BCUT2D eigenvalue weighted by atomic mass is 9.92. The molecule has 0 saturated carbocycles. The van der Waals surface area contributed by atoms with Crippen LogP contribution in [0.25, 0.3) is 0 Å². The molecule has 0 radical (unpaired) electrons. The highest BCUT2D eigenvalue weighted by Crippen LogP contribution is 2.35. The van der Waals surface area contributed by atoms with Gasteiger partial charge in [0.05, 0.1) is 5.69 Å². The maximum absolute atomic E-state index is 13.7. The molecule has 2 aromatic carbocycles. The Kier molecular flexibility index (Phi) is 5.46. The molecule has 1 aliphatic heterocycles. The number of hydrogen-bond acceptors (Lipinski definition) is 3. The van der Waals surface area contributed by atoms with Crippen LogP contribution in [0.4, 0.5) is 23.7 Å². The lowest BCUT2D eigenvalue weighted by molar-refractivity contribution is -0.133. The first kappa shape index (κ1) is 20.9. The SMILES string of the molecule is CC1(c2ccc(Cl)cc2Cl)NC(=O)N(CC(=O)Nc2ccc(F)c(F)c2F)C1=O. The van der Waals surface area contributed by atoms with Gasteiger partial charge >= 0.3 is 6.03 Å². The number of carbonyl (C=O) groups is 3. The third kappa shape index (κ3) is 3.75. The molecule has 6 nitrogen and oxygen atoms in total. The third-order valence-electron chi connectivity index (χ3n) is 4.36. The molecule has 0 aliphatic carbocycles. The van der Waals surface area contributed by atoms with Crippen LogP contribution in [0.3, 0.4) is 0 Å². The lowest BCUT2D eigenvalue weighted by Crippen LogP contribution is -2.42. The van der Waals surface area contributed by atoms with E-state index in [2.05, 4.69) is 5.32 Å². The number of nitrogens with zero attached hydrogens (tertiary/aromatic N) is 1. The molecule has 152 valence electrons. The van der Waals surface area contributed by atoms with E-state index in [1.54, 1.807) is 0 Å². The predicted octanol–water partition coefficient (Wildman–Crippen LogP) is 3.82. The molecular formula is C18H12Cl2F3N3O3. The van der Waals surface area contributed by atoms with Crippen molar-refractivity contribution in [1.29, 1.82) is 0 Å². The minimum absolute atomic E-state index is 0.129. The Labute approximate surface area is 172 Å². The van der Waals surface area contributed by atoms with Gasteiger partial charge < -0.3 is 10.6 Å². The van der Waals surface area contributed by atoms with E-state index in [1.165, 1.54) is 25.1 Å². The highest BCUT2D eigenvalue weighted by molar-refractivity contribution is 6.35. The number of rotatable bonds is 4. The van der Waals surface area contributed by atoms with Crippen molar-refractivity contribution >= 4 is 46.7 Å². The smallest absolute Gasteiger partial charge is 0.322 e. The van der Waals surface area contributed by atoms with E-state index < -0.39 is 53.1 Å². The summed E-state index contributed by atoms with van der Waals surface area (Å²) >= 11 is 12.0. The van der Waals surface area contributed by atoms with Gasteiger partial charge in [0.1, 0.15) is 12.1 Å². The second kappa shape index (κ2) is 7.57. The van der Waals surface area contributed by atoms with Crippen molar-refractivity contribution in [3.8, 4) is 0 Å². The summed E-state index contributed by atoms with van der Waals surface area (Å²) in [5.74, 6) is -6.57. The van der Waals surface area contributed by atoms with Gasteiger partial charge in [0, 0.05) is 15.6 Å². The molecule has 0 bridgehead atoms. The lowest BCUT2D eigenvalue weighted by Gasteiger charge is -2.23. The molecule has 2 N–H and O–H groups in total. The maximum atomic E-state index is 13.7.